The first-order valence-electron chi connectivity index (χ1n) is 4.64. The molecular formula is C10H14INO2S. The molecule has 1 rings (SSSR count). The summed E-state index contributed by atoms with van der Waals surface area (Å²) in [6, 6.07) is 7.99. The SMILES string of the molecule is CS(=O)(=O)CCCNc1cccc(I)c1. The lowest BCUT2D eigenvalue weighted by atomic mass is 10.3. The molecule has 0 unspecified atom stereocenters. The van der Waals surface area contributed by atoms with Crippen LogP contribution in [-0.4, -0.2) is 27.0 Å². The van der Waals surface area contributed by atoms with Gasteiger partial charge in [0, 0.05) is 22.1 Å². The zero-order chi connectivity index (χ0) is 11.3. The van der Waals surface area contributed by atoms with E-state index in [9.17, 15) is 8.42 Å². The van der Waals surface area contributed by atoms with Gasteiger partial charge in [-0.05, 0) is 47.2 Å². The van der Waals surface area contributed by atoms with Crippen molar-refractivity contribution in [2.75, 3.05) is 23.9 Å². The van der Waals surface area contributed by atoms with Gasteiger partial charge in [0.1, 0.15) is 9.84 Å². The monoisotopic (exact) mass is 339 g/mol. The Hall–Kier alpha value is -0.300. The molecule has 1 N–H and O–H groups in total. The summed E-state index contributed by atoms with van der Waals surface area (Å²) in [6.07, 6.45) is 1.91. The van der Waals surface area contributed by atoms with E-state index in [1.807, 2.05) is 24.3 Å². The Bertz CT molecular complexity index is 417. The van der Waals surface area contributed by atoms with Crippen LogP contribution in [0.2, 0.25) is 0 Å². The molecule has 0 atom stereocenters. The second-order valence-corrected chi connectivity index (χ2v) is 6.93. The fourth-order valence-corrected chi connectivity index (χ4v) is 2.38. The molecule has 0 saturated heterocycles. The predicted octanol–water partition coefficient (Wildman–Crippen LogP) is 2.14. The van der Waals surface area contributed by atoms with Crippen molar-refractivity contribution in [1.82, 2.24) is 0 Å². The van der Waals surface area contributed by atoms with E-state index in [-0.39, 0.29) is 5.75 Å². The molecule has 1 aromatic carbocycles. The van der Waals surface area contributed by atoms with E-state index < -0.39 is 9.84 Å². The Labute approximate surface area is 104 Å². The van der Waals surface area contributed by atoms with Gasteiger partial charge in [0.15, 0.2) is 0 Å². The summed E-state index contributed by atoms with van der Waals surface area (Å²) >= 11 is 2.24. The summed E-state index contributed by atoms with van der Waals surface area (Å²) in [5.41, 5.74) is 1.04. The maximum atomic E-state index is 10.9. The van der Waals surface area contributed by atoms with Crippen LogP contribution in [0.4, 0.5) is 5.69 Å². The molecule has 15 heavy (non-hydrogen) atoms. The highest BCUT2D eigenvalue weighted by Gasteiger charge is 2.00. The summed E-state index contributed by atoms with van der Waals surface area (Å²) in [5, 5.41) is 3.19. The van der Waals surface area contributed by atoms with E-state index >= 15 is 0 Å². The molecule has 0 radical (unpaired) electrons. The predicted molar refractivity (Wildman–Crippen MR) is 72.0 cm³/mol. The minimum absolute atomic E-state index is 0.240. The molecule has 0 saturated carbocycles. The van der Waals surface area contributed by atoms with Crippen molar-refractivity contribution in [2.45, 2.75) is 6.42 Å². The van der Waals surface area contributed by atoms with Crippen LogP contribution in [-0.2, 0) is 9.84 Å². The molecule has 0 bridgehead atoms. The quantitative estimate of drug-likeness (QED) is 0.660. The average molecular weight is 339 g/mol. The highest BCUT2D eigenvalue weighted by atomic mass is 127. The van der Waals surface area contributed by atoms with Gasteiger partial charge >= 0.3 is 0 Å². The molecule has 0 aromatic heterocycles. The van der Waals surface area contributed by atoms with Crippen molar-refractivity contribution < 1.29 is 8.42 Å². The van der Waals surface area contributed by atoms with Gasteiger partial charge in [0.05, 0.1) is 5.75 Å². The molecule has 5 heteroatoms. The normalized spacial score (nSPS) is 11.3. The third-order valence-corrected chi connectivity index (χ3v) is 3.55. The van der Waals surface area contributed by atoms with Gasteiger partial charge in [-0.3, -0.25) is 0 Å². The lowest BCUT2D eigenvalue weighted by Gasteiger charge is -2.05. The number of anilines is 1. The van der Waals surface area contributed by atoms with Gasteiger partial charge in [0.25, 0.3) is 0 Å². The number of sulfone groups is 1. The first-order chi connectivity index (χ1) is 6.97. The molecular weight excluding hydrogens is 325 g/mol. The summed E-state index contributed by atoms with van der Waals surface area (Å²) in [7, 11) is -2.83. The molecule has 0 spiro atoms. The number of benzene rings is 1. The molecule has 3 nitrogen and oxygen atoms in total. The van der Waals surface area contributed by atoms with E-state index in [1.165, 1.54) is 9.83 Å². The lowest BCUT2D eigenvalue weighted by Crippen LogP contribution is -2.09. The molecule has 0 aliphatic carbocycles. The van der Waals surface area contributed by atoms with Gasteiger partial charge in [-0.15, -0.1) is 0 Å². The first kappa shape index (κ1) is 12.8. The number of nitrogens with one attached hydrogen (secondary N) is 1. The molecule has 0 aliphatic rings. The average Bonchev–Trinajstić information content (AvgIpc) is 2.11. The van der Waals surface area contributed by atoms with Gasteiger partial charge in [-0.1, -0.05) is 6.07 Å². The van der Waals surface area contributed by atoms with E-state index in [0.29, 0.717) is 13.0 Å². The van der Waals surface area contributed by atoms with Gasteiger partial charge < -0.3 is 5.32 Å². The molecule has 0 aliphatic heterocycles. The maximum absolute atomic E-state index is 10.9. The van der Waals surface area contributed by atoms with Gasteiger partial charge in [0.2, 0.25) is 0 Å². The van der Waals surface area contributed by atoms with Crippen LogP contribution in [0.25, 0.3) is 0 Å². The van der Waals surface area contributed by atoms with Crippen LogP contribution < -0.4 is 5.32 Å². The molecule has 0 amide bonds. The summed E-state index contributed by atoms with van der Waals surface area (Å²) in [5.74, 6) is 0.240. The number of hydrogen-bond acceptors (Lipinski definition) is 3. The van der Waals surface area contributed by atoms with Crippen LogP contribution in [0.15, 0.2) is 24.3 Å². The zero-order valence-electron chi connectivity index (χ0n) is 8.53. The Morgan fingerprint density at radius 3 is 2.73 bits per heavy atom. The topological polar surface area (TPSA) is 46.2 Å². The van der Waals surface area contributed by atoms with E-state index in [4.69, 9.17) is 0 Å². The number of hydrogen-bond donors (Lipinski definition) is 1. The Morgan fingerprint density at radius 2 is 2.13 bits per heavy atom. The third-order valence-electron chi connectivity index (χ3n) is 1.85. The van der Waals surface area contributed by atoms with E-state index in [1.54, 1.807) is 0 Å². The third kappa shape index (κ3) is 5.99. The van der Waals surface area contributed by atoms with Crippen LogP contribution in [0.5, 0.6) is 0 Å². The van der Waals surface area contributed by atoms with Crippen LogP contribution in [0.3, 0.4) is 0 Å². The summed E-state index contributed by atoms with van der Waals surface area (Å²) in [6.45, 7) is 0.688. The second-order valence-electron chi connectivity index (χ2n) is 3.42. The number of halogens is 1. The molecule has 0 heterocycles. The zero-order valence-corrected chi connectivity index (χ0v) is 11.5. The lowest BCUT2D eigenvalue weighted by molar-refractivity contribution is 0.600. The minimum Gasteiger partial charge on any atom is -0.385 e. The molecule has 1 aromatic rings. The molecule has 84 valence electrons. The van der Waals surface area contributed by atoms with Crippen molar-refractivity contribution in [3.05, 3.63) is 27.8 Å². The van der Waals surface area contributed by atoms with Crippen LogP contribution in [0.1, 0.15) is 6.42 Å². The summed E-state index contributed by atoms with van der Waals surface area (Å²) < 4.78 is 22.9. The Morgan fingerprint density at radius 1 is 1.40 bits per heavy atom. The standard InChI is InChI=1S/C10H14INO2S/c1-15(13,14)7-3-6-12-10-5-2-4-9(11)8-10/h2,4-5,8,12H,3,6-7H2,1H3. The van der Waals surface area contributed by atoms with Gasteiger partial charge in [-0.2, -0.15) is 0 Å². The fraction of sp³-hybridized carbons (Fsp3) is 0.400. The second kappa shape index (κ2) is 5.69. The van der Waals surface area contributed by atoms with E-state index in [0.717, 1.165) is 5.69 Å². The van der Waals surface area contributed by atoms with Crippen LogP contribution >= 0.6 is 22.6 Å². The Balaban J connectivity index is 2.32. The van der Waals surface area contributed by atoms with Crippen molar-refractivity contribution >= 4 is 38.1 Å². The van der Waals surface area contributed by atoms with Crippen molar-refractivity contribution in [3.8, 4) is 0 Å². The van der Waals surface area contributed by atoms with Crippen LogP contribution in [0, 0.1) is 3.57 Å². The maximum Gasteiger partial charge on any atom is 0.147 e. The summed E-state index contributed by atoms with van der Waals surface area (Å²) in [4.78, 5) is 0. The van der Waals surface area contributed by atoms with Gasteiger partial charge in [-0.25, -0.2) is 8.42 Å². The Kier molecular flexibility index (Phi) is 4.85. The highest BCUT2D eigenvalue weighted by molar-refractivity contribution is 14.1. The van der Waals surface area contributed by atoms with Crippen molar-refractivity contribution in [2.24, 2.45) is 0 Å². The van der Waals surface area contributed by atoms with Crippen molar-refractivity contribution in [3.63, 3.8) is 0 Å². The highest BCUT2D eigenvalue weighted by Crippen LogP contribution is 2.12. The first-order valence-corrected chi connectivity index (χ1v) is 7.78. The smallest absolute Gasteiger partial charge is 0.147 e. The largest absolute Gasteiger partial charge is 0.385 e. The van der Waals surface area contributed by atoms with E-state index in [2.05, 4.69) is 27.9 Å². The van der Waals surface area contributed by atoms with Crippen molar-refractivity contribution in [1.29, 1.82) is 0 Å². The minimum atomic E-state index is -2.83. The molecule has 0 fully saturated rings. The fourth-order valence-electron chi connectivity index (χ4n) is 1.17. The number of rotatable bonds is 5.